The largest absolute Gasteiger partial charge is 0.376 e. The number of hydrogen-bond donors (Lipinski definition) is 2. The smallest absolute Gasteiger partial charge is 0.168 e. The first-order valence-corrected chi connectivity index (χ1v) is 4.20. The molecule has 3 N–H and O–H groups in total. The van der Waals surface area contributed by atoms with Gasteiger partial charge < -0.3 is 11.1 Å². The van der Waals surface area contributed by atoms with E-state index in [4.69, 9.17) is 23.2 Å². The van der Waals surface area contributed by atoms with Gasteiger partial charge in [-0.25, -0.2) is 0 Å². The van der Waals surface area contributed by atoms with Gasteiger partial charge in [0.25, 0.3) is 0 Å². The maximum absolute atomic E-state index is 8.31. The zero-order valence-corrected chi connectivity index (χ0v) is 8.06. The molecule has 0 saturated carbocycles. The average Bonchev–Trinajstić information content (AvgIpc) is 2.16. The lowest BCUT2D eigenvalue weighted by molar-refractivity contribution is 1.54. The Hall–Kier alpha value is -2.04. The molecule has 1 aromatic carbocycles. The third-order valence-electron chi connectivity index (χ3n) is 1.44. The van der Waals surface area contributed by atoms with Crippen LogP contribution >= 0.6 is 12.2 Å². The molecule has 0 aliphatic rings. The summed E-state index contributed by atoms with van der Waals surface area (Å²) in [5.41, 5.74) is 6.74. The molecule has 0 radical (unpaired) electrons. The monoisotopic (exact) mass is 201 g/mol. The molecule has 0 aliphatic heterocycles. The number of para-hydroxylation sites is 1. The van der Waals surface area contributed by atoms with E-state index in [1.165, 1.54) is 0 Å². The van der Waals surface area contributed by atoms with Gasteiger partial charge in [0.1, 0.15) is 0 Å². The Morgan fingerprint density at radius 3 is 2.79 bits per heavy atom. The number of nitrogens with two attached hydrogens (primary N) is 1. The number of anilines is 1. The van der Waals surface area contributed by atoms with Gasteiger partial charge in [-0.3, -0.25) is 0 Å². The predicted molar refractivity (Wildman–Crippen MR) is 59.3 cm³/mol. The minimum Gasteiger partial charge on any atom is -0.376 e. The first-order valence-electron chi connectivity index (χ1n) is 3.79. The molecule has 0 heterocycles. The third kappa shape index (κ3) is 2.78. The summed E-state index contributed by atoms with van der Waals surface area (Å²) >= 11 is 4.70. The molecule has 0 bridgehead atoms. The summed E-state index contributed by atoms with van der Waals surface area (Å²) in [5, 5.41) is 11.3. The Kier molecular flexibility index (Phi) is 3.49. The average molecular weight is 201 g/mol. The Morgan fingerprint density at radius 2 is 2.14 bits per heavy atom. The molecule has 14 heavy (non-hydrogen) atoms. The SMILES string of the molecule is N#CC#Cc1ccccc1NC(N)=S. The summed E-state index contributed by atoms with van der Waals surface area (Å²) in [6.07, 6.45) is 0. The second-order valence-electron chi connectivity index (χ2n) is 2.40. The van der Waals surface area contributed by atoms with Crippen LogP contribution in [-0.4, -0.2) is 5.11 Å². The molecule has 0 aromatic heterocycles. The van der Waals surface area contributed by atoms with Gasteiger partial charge in [-0.1, -0.05) is 12.1 Å². The lowest BCUT2D eigenvalue weighted by Crippen LogP contribution is -2.19. The van der Waals surface area contributed by atoms with Gasteiger partial charge >= 0.3 is 0 Å². The molecule has 0 fully saturated rings. The number of nitrogens with one attached hydrogen (secondary N) is 1. The molecule has 0 saturated heterocycles. The van der Waals surface area contributed by atoms with Crippen LogP contribution in [0, 0.1) is 23.2 Å². The van der Waals surface area contributed by atoms with E-state index >= 15 is 0 Å². The zero-order chi connectivity index (χ0) is 10.4. The lowest BCUT2D eigenvalue weighted by Gasteiger charge is -2.05. The molecule has 0 unspecified atom stereocenters. The van der Waals surface area contributed by atoms with Crippen LogP contribution < -0.4 is 11.1 Å². The van der Waals surface area contributed by atoms with E-state index in [1.807, 2.05) is 12.1 Å². The van der Waals surface area contributed by atoms with Gasteiger partial charge in [-0.05, 0) is 30.3 Å². The molecule has 0 aliphatic carbocycles. The van der Waals surface area contributed by atoms with Crippen molar-refractivity contribution in [3.63, 3.8) is 0 Å². The van der Waals surface area contributed by atoms with E-state index in [0.717, 1.165) is 0 Å². The molecular weight excluding hydrogens is 194 g/mol. The highest BCUT2D eigenvalue weighted by Crippen LogP contribution is 2.12. The lowest BCUT2D eigenvalue weighted by atomic mass is 10.2. The van der Waals surface area contributed by atoms with Crippen molar-refractivity contribution in [1.29, 1.82) is 5.26 Å². The van der Waals surface area contributed by atoms with Gasteiger partial charge in [0.05, 0.1) is 5.69 Å². The van der Waals surface area contributed by atoms with Crippen LogP contribution in [0.5, 0.6) is 0 Å². The highest BCUT2D eigenvalue weighted by Gasteiger charge is 1.97. The van der Waals surface area contributed by atoms with Crippen molar-refractivity contribution >= 4 is 23.0 Å². The zero-order valence-electron chi connectivity index (χ0n) is 7.24. The second-order valence-corrected chi connectivity index (χ2v) is 2.84. The van der Waals surface area contributed by atoms with Crippen LogP contribution in [0.3, 0.4) is 0 Å². The van der Waals surface area contributed by atoms with Gasteiger partial charge in [-0.2, -0.15) is 5.26 Å². The molecule has 4 heteroatoms. The fourth-order valence-corrected chi connectivity index (χ4v) is 1.04. The van der Waals surface area contributed by atoms with Crippen molar-refractivity contribution in [2.75, 3.05) is 5.32 Å². The molecule has 0 amide bonds. The van der Waals surface area contributed by atoms with Gasteiger partial charge in [-0.15, -0.1) is 0 Å². The molecule has 3 nitrogen and oxygen atoms in total. The van der Waals surface area contributed by atoms with Crippen LogP contribution in [0.1, 0.15) is 5.56 Å². The van der Waals surface area contributed by atoms with Crippen molar-refractivity contribution in [3.05, 3.63) is 29.8 Å². The van der Waals surface area contributed by atoms with E-state index in [2.05, 4.69) is 17.2 Å². The summed E-state index contributed by atoms with van der Waals surface area (Å²) in [5.74, 6) is 4.99. The van der Waals surface area contributed by atoms with Crippen molar-refractivity contribution in [3.8, 4) is 17.9 Å². The fraction of sp³-hybridized carbons (Fsp3) is 0. The maximum Gasteiger partial charge on any atom is 0.168 e. The van der Waals surface area contributed by atoms with Crippen LogP contribution in [0.2, 0.25) is 0 Å². The summed E-state index contributed by atoms with van der Waals surface area (Å²) in [6.45, 7) is 0. The summed E-state index contributed by atoms with van der Waals surface area (Å²) in [7, 11) is 0. The van der Waals surface area contributed by atoms with Crippen LogP contribution in [0.25, 0.3) is 0 Å². The molecule has 0 spiro atoms. The van der Waals surface area contributed by atoms with Gasteiger partial charge in [0.2, 0.25) is 0 Å². The number of nitrogens with zero attached hydrogens (tertiary/aromatic N) is 1. The molecule has 1 aromatic rings. The first-order chi connectivity index (χ1) is 6.74. The van der Waals surface area contributed by atoms with Crippen molar-refractivity contribution < 1.29 is 0 Å². The molecule has 0 atom stereocenters. The van der Waals surface area contributed by atoms with E-state index in [-0.39, 0.29) is 5.11 Å². The second kappa shape index (κ2) is 4.86. The third-order valence-corrected chi connectivity index (χ3v) is 1.54. The van der Waals surface area contributed by atoms with E-state index in [0.29, 0.717) is 11.3 Å². The van der Waals surface area contributed by atoms with E-state index < -0.39 is 0 Å². The quantitative estimate of drug-likeness (QED) is 0.529. The van der Waals surface area contributed by atoms with Gasteiger partial charge in [0.15, 0.2) is 11.2 Å². The van der Waals surface area contributed by atoms with E-state index in [1.54, 1.807) is 18.2 Å². The highest BCUT2D eigenvalue weighted by molar-refractivity contribution is 7.80. The Balaban J connectivity index is 3.04. The number of thiocarbonyl (C=S) groups is 1. The number of rotatable bonds is 1. The van der Waals surface area contributed by atoms with Crippen molar-refractivity contribution in [2.45, 2.75) is 0 Å². The highest BCUT2D eigenvalue weighted by atomic mass is 32.1. The Morgan fingerprint density at radius 1 is 1.43 bits per heavy atom. The maximum atomic E-state index is 8.31. The Labute approximate surface area is 87.5 Å². The van der Waals surface area contributed by atoms with Crippen LogP contribution in [0.15, 0.2) is 24.3 Å². The van der Waals surface area contributed by atoms with Gasteiger partial charge in [0, 0.05) is 11.5 Å². The minimum absolute atomic E-state index is 0.177. The first kappa shape index (κ1) is 10.0. The van der Waals surface area contributed by atoms with Crippen molar-refractivity contribution in [2.24, 2.45) is 5.73 Å². The topological polar surface area (TPSA) is 61.8 Å². The minimum atomic E-state index is 0.177. The summed E-state index contributed by atoms with van der Waals surface area (Å²) in [6, 6.07) is 8.98. The molecule has 68 valence electrons. The number of hydrogen-bond acceptors (Lipinski definition) is 2. The number of benzene rings is 1. The summed E-state index contributed by atoms with van der Waals surface area (Å²) < 4.78 is 0. The molecule has 1 rings (SSSR count). The Bertz CT molecular complexity index is 448. The normalized spacial score (nSPS) is 7.93. The standard InChI is InChI=1S/C10H7N3S/c11-7-3-5-8-4-1-2-6-9(8)13-10(12)14/h1-2,4,6H,(H3,12,13,14). The number of nitriles is 1. The fourth-order valence-electron chi connectivity index (χ4n) is 0.929. The van der Waals surface area contributed by atoms with Crippen LogP contribution in [0.4, 0.5) is 5.69 Å². The van der Waals surface area contributed by atoms with Crippen LogP contribution in [-0.2, 0) is 0 Å². The van der Waals surface area contributed by atoms with Crippen molar-refractivity contribution in [1.82, 2.24) is 0 Å². The predicted octanol–water partition coefficient (Wildman–Crippen LogP) is 1.22. The van der Waals surface area contributed by atoms with E-state index in [9.17, 15) is 0 Å². The summed E-state index contributed by atoms with van der Waals surface area (Å²) in [4.78, 5) is 0. The molecular formula is C10H7N3S.